The van der Waals surface area contributed by atoms with Crippen molar-refractivity contribution in [3.8, 4) is 0 Å². The molecule has 1 heterocycles. The summed E-state index contributed by atoms with van der Waals surface area (Å²) in [7, 11) is 0. The molecule has 1 aliphatic heterocycles. The fraction of sp³-hybridized carbons (Fsp3) is 0.600. The van der Waals surface area contributed by atoms with Gasteiger partial charge in [0, 0.05) is 24.8 Å². The van der Waals surface area contributed by atoms with Crippen molar-refractivity contribution in [1.82, 2.24) is 0 Å². The van der Waals surface area contributed by atoms with Crippen molar-refractivity contribution in [3.63, 3.8) is 0 Å². The molecule has 94 valence electrons. The van der Waals surface area contributed by atoms with Crippen molar-refractivity contribution >= 4 is 5.69 Å². The molecule has 1 atom stereocenters. The highest BCUT2D eigenvalue weighted by atomic mass is 15.1. The van der Waals surface area contributed by atoms with Crippen LogP contribution < -0.4 is 10.6 Å². The summed E-state index contributed by atoms with van der Waals surface area (Å²) in [6.45, 7) is 8.83. The Hall–Kier alpha value is -1.02. The van der Waals surface area contributed by atoms with Crippen molar-refractivity contribution in [2.75, 3.05) is 18.0 Å². The number of rotatable bonds is 3. The second kappa shape index (κ2) is 4.69. The fourth-order valence-electron chi connectivity index (χ4n) is 2.41. The summed E-state index contributed by atoms with van der Waals surface area (Å²) in [4.78, 5) is 2.50. The molecule has 1 unspecified atom stereocenters. The number of hydrogen-bond acceptors (Lipinski definition) is 2. The Bertz CT molecular complexity index is 382. The molecule has 0 amide bonds. The van der Waals surface area contributed by atoms with E-state index in [-0.39, 0.29) is 11.5 Å². The predicted molar refractivity (Wildman–Crippen MR) is 74.4 cm³/mol. The minimum atomic E-state index is 0.157. The zero-order chi connectivity index (χ0) is 12.5. The maximum absolute atomic E-state index is 6.08. The topological polar surface area (TPSA) is 29.3 Å². The van der Waals surface area contributed by atoms with Gasteiger partial charge in [-0.2, -0.15) is 0 Å². The zero-order valence-electron chi connectivity index (χ0n) is 11.2. The van der Waals surface area contributed by atoms with Crippen LogP contribution in [-0.2, 0) is 6.42 Å². The number of fused-ring (bicyclic) bond motifs is 1. The first-order valence-electron chi connectivity index (χ1n) is 6.59. The molecule has 0 aliphatic carbocycles. The monoisotopic (exact) mass is 232 g/mol. The third kappa shape index (κ3) is 2.63. The van der Waals surface area contributed by atoms with Gasteiger partial charge in [0.1, 0.15) is 0 Å². The minimum Gasteiger partial charge on any atom is -0.371 e. The summed E-state index contributed by atoms with van der Waals surface area (Å²) in [6, 6.07) is 8.98. The van der Waals surface area contributed by atoms with Crippen LogP contribution in [0.15, 0.2) is 24.3 Å². The van der Waals surface area contributed by atoms with Gasteiger partial charge in [0.05, 0.1) is 0 Å². The van der Waals surface area contributed by atoms with Gasteiger partial charge in [0.15, 0.2) is 0 Å². The van der Waals surface area contributed by atoms with Crippen molar-refractivity contribution < 1.29 is 0 Å². The van der Waals surface area contributed by atoms with Gasteiger partial charge in [-0.3, -0.25) is 0 Å². The number of aryl methyl sites for hydroxylation is 1. The maximum Gasteiger partial charge on any atom is 0.0398 e. The Morgan fingerprint density at radius 2 is 2.06 bits per heavy atom. The average molecular weight is 232 g/mol. The summed E-state index contributed by atoms with van der Waals surface area (Å²) in [5.74, 6) is 0. The van der Waals surface area contributed by atoms with Crippen molar-refractivity contribution in [2.24, 2.45) is 11.1 Å². The van der Waals surface area contributed by atoms with Crippen molar-refractivity contribution in [3.05, 3.63) is 29.8 Å². The molecule has 0 fully saturated rings. The molecule has 0 radical (unpaired) electrons. The smallest absolute Gasteiger partial charge is 0.0398 e. The summed E-state index contributed by atoms with van der Waals surface area (Å²) in [5, 5.41) is 0. The standard InChI is InChI=1S/C15H24N2/c1-12(16)15(2,3)11-17-10-6-8-13-7-4-5-9-14(13)17/h4-5,7,9,12H,6,8,10-11,16H2,1-3H3. The Kier molecular flexibility index (Phi) is 3.43. The van der Waals surface area contributed by atoms with Crippen LogP contribution >= 0.6 is 0 Å². The lowest BCUT2D eigenvalue weighted by Gasteiger charge is -2.39. The van der Waals surface area contributed by atoms with E-state index in [4.69, 9.17) is 5.73 Å². The van der Waals surface area contributed by atoms with Gasteiger partial charge in [-0.25, -0.2) is 0 Å². The summed E-state index contributed by atoms with van der Waals surface area (Å²) >= 11 is 0. The summed E-state index contributed by atoms with van der Waals surface area (Å²) in [6.07, 6.45) is 2.47. The Balaban J connectivity index is 2.19. The fourth-order valence-corrected chi connectivity index (χ4v) is 2.41. The molecule has 1 aliphatic rings. The Morgan fingerprint density at radius 1 is 1.35 bits per heavy atom. The lowest BCUT2D eigenvalue weighted by molar-refractivity contribution is 0.302. The lowest BCUT2D eigenvalue weighted by atomic mass is 9.84. The third-order valence-corrected chi connectivity index (χ3v) is 4.04. The minimum absolute atomic E-state index is 0.157. The van der Waals surface area contributed by atoms with E-state index in [0.29, 0.717) is 0 Å². The highest BCUT2D eigenvalue weighted by Crippen LogP contribution is 2.30. The van der Waals surface area contributed by atoms with Crippen LogP contribution in [0.5, 0.6) is 0 Å². The van der Waals surface area contributed by atoms with Crippen LogP contribution in [0.2, 0.25) is 0 Å². The van der Waals surface area contributed by atoms with Crippen LogP contribution in [0, 0.1) is 5.41 Å². The highest BCUT2D eigenvalue weighted by Gasteiger charge is 2.28. The number of para-hydroxylation sites is 1. The highest BCUT2D eigenvalue weighted by molar-refractivity contribution is 5.55. The quantitative estimate of drug-likeness (QED) is 0.868. The van der Waals surface area contributed by atoms with Crippen LogP contribution in [0.1, 0.15) is 32.8 Å². The number of anilines is 1. The molecule has 2 rings (SSSR count). The molecular formula is C15H24N2. The largest absolute Gasteiger partial charge is 0.371 e. The first kappa shape index (κ1) is 12.4. The van der Waals surface area contributed by atoms with E-state index in [9.17, 15) is 0 Å². The average Bonchev–Trinajstić information content (AvgIpc) is 2.29. The van der Waals surface area contributed by atoms with Crippen LogP contribution in [0.25, 0.3) is 0 Å². The molecule has 0 saturated heterocycles. The molecule has 2 N–H and O–H groups in total. The third-order valence-electron chi connectivity index (χ3n) is 4.04. The number of nitrogens with two attached hydrogens (primary N) is 1. The first-order chi connectivity index (χ1) is 8.00. The lowest BCUT2D eigenvalue weighted by Crippen LogP contribution is -2.45. The summed E-state index contributed by atoms with van der Waals surface area (Å²) < 4.78 is 0. The van der Waals surface area contributed by atoms with Crippen LogP contribution in [0.4, 0.5) is 5.69 Å². The van der Waals surface area contributed by atoms with E-state index in [0.717, 1.165) is 13.1 Å². The van der Waals surface area contributed by atoms with Gasteiger partial charge in [-0.1, -0.05) is 32.0 Å². The number of hydrogen-bond donors (Lipinski definition) is 1. The molecule has 2 nitrogen and oxygen atoms in total. The SMILES string of the molecule is CC(N)C(C)(C)CN1CCCc2ccccc21. The normalized spacial score (nSPS) is 17.8. The zero-order valence-corrected chi connectivity index (χ0v) is 11.2. The van der Waals surface area contributed by atoms with E-state index in [1.807, 2.05) is 0 Å². The van der Waals surface area contributed by atoms with Gasteiger partial charge < -0.3 is 10.6 Å². The van der Waals surface area contributed by atoms with E-state index in [2.05, 4.69) is 49.9 Å². The van der Waals surface area contributed by atoms with Gasteiger partial charge in [-0.05, 0) is 36.8 Å². The van der Waals surface area contributed by atoms with Crippen molar-refractivity contribution in [1.29, 1.82) is 0 Å². The van der Waals surface area contributed by atoms with Gasteiger partial charge >= 0.3 is 0 Å². The van der Waals surface area contributed by atoms with E-state index < -0.39 is 0 Å². The molecule has 0 spiro atoms. The summed E-state index contributed by atoms with van der Waals surface area (Å²) in [5.41, 5.74) is 9.13. The van der Waals surface area contributed by atoms with E-state index in [1.54, 1.807) is 0 Å². The van der Waals surface area contributed by atoms with E-state index >= 15 is 0 Å². The van der Waals surface area contributed by atoms with Gasteiger partial charge in [0.2, 0.25) is 0 Å². The van der Waals surface area contributed by atoms with Crippen molar-refractivity contribution in [2.45, 2.75) is 39.7 Å². The first-order valence-corrected chi connectivity index (χ1v) is 6.59. The molecule has 17 heavy (non-hydrogen) atoms. The predicted octanol–water partition coefficient (Wildman–Crippen LogP) is 2.81. The molecular weight excluding hydrogens is 208 g/mol. The Morgan fingerprint density at radius 3 is 2.76 bits per heavy atom. The molecule has 1 aromatic carbocycles. The molecule has 0 bridgehead atoms. The van der Waals surface area contributed by atoms with Crippen LogP contribution in [-0.4, -0.2) is 19.1 Å². The number of benzene rings is 1. The van der Waals surface area contributed by atoms with Gasteiger partial charge in [-0.15, -0.1) is 0 Å². The molecule has 0 aromatic heterocycles. The van der Waals surface area contributed by atoms with E-state index in [1.165, 1.54) is 24.1 Å². The second-order valence-electron chi connectivity index (χ2n) is 5.93. The maximum atomic E-state index is 6.08. The molecule has 0 saturated carbocycles. The molecule has 2 heteroatoms. The molecule has 1 aromatic rings. The second-order valence-corrected chi connectivity index (χ2v) is 5.93. The van der Waals surface area contributed by atoms with Crippen LogP contribution in [0.3, 0.4) is 0 Å². The Labute approximate surface area is 105 Å². The number of nitrogens with zero attached hydrogens (tertiary/aromatic N) is 1. The van der Waals surface area contributed by atoms with Gasteiger partial charge in [0.25, 0.3) is 0 Å².